The molecule has 0 bridgehead atoms. The molecular weight excluding hydrogens is 168 g/mol. The summed E-state index contributed by atoms with van der Waals surface area (Å²) >= 11 is 0. The monoisotopic (exact) mass is 188 g/mol. The number of aliphatic carboxylic acids is 1. The lowest BCUT2D eigenvalue weighted by Gasteiger charge is -2.29. The molecule has 1 rings (SSSR count). The number of carboxylic acids is 1. The van der Waals surface area contributed by atoms with Crippen molar-refractivity contribution in [2.24, 2.45) is 0 Å². The zero-order valence-electron chi connectivity index (χ0n) is 8.71. The summed E-state index contributed by atoms with van der Waals surface area (Å²) in [5.41, 5.74) is 0. The van der Waals surface area contributed by atoms with Crippen molar-refractivity contribution in [2.75, 3.05) is 27.2 Å². The number of rotatable bonds is 1. The molecule has 2 N–H and O–H groups in total. The summed E-state index contributed by atoms with van der Waals surface area (Å²) in [7, 11) is 4.23. The first-order valence-electron chi connectivity index (χ1n) is 4.61. The molecule has 0 aromatic heterocycles. The van der Waals surface area contributed by atoms with Crippen LogP contribution in [0.5, 0.6) is 0 Å². The summed E-state index contributed by atoms with van der Waals surface area (Å²) in [5.74, 6) is -0.833. The second-order valence-electron chi connectivity index (χ2n) is 3.41. The maximum atomic E-state index is 9.00. The van der Waals surface area contributed by atoms with E-state index in [1.54, 1.807) is 0 Å². The van der Waals surface area contributed by atoms with Crippen molar-refractivity contribution in [1.29, 1.82) is 0 Å². The average Bonchev–Trinajstić information content (AvgIpc) is 2.03. The molecule has 4 heteroatoms. The Hall–Kier alpha value is -0.610. The Bertz CT molecular complexity index is 147. The van der Waals surface area contributed by atoms with Gasteiger partial charge in [0.05, 0.1) is 0 Å². The lowest BCUT2D eigenvalue weighted by atomic mass is 10.1. The Kier molecular flexibility index (Phi) is 6.54. The SMILES string of the molecule is CC(=O)O.CNC1CCCN(C)C1. The predicted molar refractivity (Wildman–Crippen MR) is 52.9 cm³/mol. The molecule has 1 atom stereocenters. The molecule has 78 valence electrons. The van der Waals surface area contributed by atoms with Gasteiger partial charge in [-0.25, -0.2) is 0 Å². The Morgan fingerprint density at radius 1 is 1.62 bits per heavy atom. The van der Waals surface area contributed by atoms with E-state index in [1.807, 2.05) is 7.05 Å². The number of carboxylic acid groups (broad SMARTS) is 1. The van der Waals surface area contributed by atoms with E-state index in [9.17, 15) is 0 Å². The maximum Gasteiger partial charge on any atom is 0.300 e. The van der Waals surface area contributed by atoms with Gasteiger partial charge >= 0.3 is 0 Å². The van der Waals surface area contributed by atoms with E-state index in [-0.39, 0.29) is 0 Å². The van der Waals surface area contributed by atoms with Crippen molar-refractivity contribution >= 4 is 5.97 Å². The van der Waals surface area contributed by atoms with E-state index in [1.165, 1.54) is 25.9 Å². The van der Waals surface area contributed by atoms with Gasteiger partial charge in [-0.2, -0.15) is 0 Å². The van der Waals surface area contributed by atoms with Gasteiger partial charge in [-0.3, -0.25) is 4.79 Å². The minimum absolute atomic E-state index is 0.740. The predicted octanol–water partition coefficient (Wildman–Crippen LogP) is 0.391. The fourth-order valence-corrected chi connectivity index (χ4v) is 1.40. The van der Waals surface area contributed by atoms with Gasteiger partial charge in [0.25, 0.3) is 5.97 Å². The maximum absolute atomic E-state index is 9.00. The first-order valence-corrected chi connectivity index (χ1v) is 4.61. The molecule has 0 aromatic rings. The van der Waals surface area contributed by atoms with E-state index in [4.69, 9.17) is 9.90 Å². The van der Waals surface area contributed by atoms with Crippen molar-refractivity contribution in [2.45, 2.75) is 25.8 Å². The first kappa shape index (κ1) is 12.4. The molecule has 0 saturated carbocycles. The van der Waals surface area contributed by atoms with Gasteiger partial charge in [0.2, 0.25) is 0 Å². The highest BCUT2D eigenvalue weighted by Gasteiger charge is 2.13. The molecule has 1 unspecified atom stereocenters. The molecule has 4 nitrogen and oxygen atoms in total. The molecule has 0 amide bonds. The van der Waals surface area contributed by atoms with Crippen molar-refractivity contribution < 1.29 is 9.90 Å². The fraction of sp³-hybridized carbons (Fsp3) is 0.889. The Morgan fingerprint density at radius 2 is 2.15 bits per heavy atom. The van der Waals surface area contributed by atoms with Crippen molar-refractivity contribution in [1.82, 2.24) is 10.2 Å². The van der Waals surface area contributed by atoms with Crippen molar-refractivity contribution in [3.63, 3.8) is 0 Å². The van der Waals surface area contributed by atoms with Crippen LogP contribution in [0.4, 0.5) is 0 Å². The van der Waals surface area contributed by atoms with Gasteiger partial charge < -0.3 is 15.3 Å². The van der Waals surface area contributed by atoms with Crippen LogP contribution in [0.2, 0.25) is 0 Å². The van der Waals surface area contributed by atoms with Crippen LogP contribution in [0.3, 0.4) is 0 Å². The van der Waals surface area contributed by atoms with E-state index in [0.29, 0.717) is 0 Å². The Morgan fingerprint density at radius 3 is 2.46 bits per heavy atom. The molecule has 13 heavy (non-hydrogen) atoms. The standard InChI is InChI=1S/C7H16N2.C2H4O2/c1-8-7-4-3-5-9(2)6-7;1-2(3)4/h7-8H,3-6H2,1-2H3;1H3,(H,3,4). The van der Waals surface area contributed by atoms with Gasteiger partial charge in [0.15, 0.2) is 0 Å². The summed E-state index contributed by atoms with van der Waals surface area (Å²) in [4.78, 5) is 11.4. The van der Waals surface area contributed by atoms with Gasteiger partial charge in [0.1, 0.15) is 0 Å². The van der Waals surface area contributed by atoms with Crippen molar-refractivity contribution in [3.05, 3.63) is 0 Å². The highest BCUT2D eigenvalue weighted by Crippen LogP contribution is 2.06. The quantitative estimate of drug-likeness (QED) is 0.625. The summed E-state index contributed by atoms with van der Waals surface area (Å²) in [5, 5.41) is 10.7. The zero-order chi connectivity index (χ0) is 10.3. The molecule has 0 aromatic carbocycles. The average molecular weight is 188 g/mol. The highest BCUT2D eigenvalue weighted by molar-refractivity contribution is 5.62. The van der Waals surface area contributed by atoms with E-state index < -0.39 is 5.97 Å². The van der Waals surface area contributed by atoms with Crippen LogP contribution >= 0.6 is 0 Å². The van der Waals surface area contributed by atoms with Gasteiger partial charge in [-0.05, 0) is 33.5 Å². The first-order chi connectivity index (χ1) is 6.06. The summed E-state index contributed by atoms with van der Waals surface area (Å²) in [6, 6.07) is 0.740. The van der Waals surface area contributed by atoms with E-state index in [0.717, 1.165) is 13.0 Å². The molecule has 1 saturated heterocycles. The second kappa shape index (κ2) is 6.86. The third-order valence-corrected chi connectivity index (χ3v) is 2.03. The normalized spacial score (nSPS) is 23.2. The lowest BCUT2D eigenvalue weighted by molar-refractivity contribution is -0.134. The number of hydrogen-bond acceptors (Lipinski definition) is 3. The van der Waals surface area contributed by atoms with Gasteiger partial charge in [0, 0.05) is 19.5 Å². The van der Waals surface area contributed by atoms with Crippen LogP contribution in [0.15, 0.2) is 0 Å². The van der Waals surface area contributed by atoms with E-state index >= 15 is 0 Å². The Labute approximate surface area is 79.9 Å². The van der Waals surface area contributed by atoms with Crippen LogP contribution in [-0.4, -0.2) is 49.2 Å². The molecule has 1 aliphatic rings. The van der Waals surface area contributed by atoms with Crippen LogP contribution < -0.4 is 5.32 Å². The topological polar surface area (TPSA) is 52.6 Å². The minimum atomic E-state index is -0.833. The Balaban J connectivity index is 0.000000310. The molecule has 0 spiro atoms. The smallest absolute Gasteiger partial charge is 0.300 e. The fourth-order valence-electron chi connectivity index (χ4n) is 1.40. The number of nitrogens with zero attached hydrogens (tertiary/aromatic N) is 1. The van der Waals surface area contributed by atoms with Gasteiger partial charge in [-0.15, -0.1) is 0 Å². The zero-order valence-corrected chi connectivity index (χ0v) is 8.71. The summed E-state index contributed by atoms with van der Waals surface area (Å²) in [6.07, 6.45) is 2.70. The summed E-state index contributed by atoms with van der Waals surface area (Å²) in [6.45, 7) is 3.58. The summed E-state index contributed by atoms with van der Waals surface area (Å²) < 4.78 is 0. The van der Waals surface area contributed by atoms with Crippen LogP contribution in [-0.2, 0) is 4.79 Å². The van der Waals surface area contributed by atoms with Crippen molar-refractivity contribution in [3.8, 4) is 0 Å². The molecule has 0 aliphatic carbocycles. The number of likely N-dealkylation sites (tertiary alicyclic amines) is 1. The molecule has 1 fully saturated rings. The molecular formula is C9H20N2O2. The number of likely N-dealkylation sites (N-methyl/N-ethyl adjacent to an activating group) is 2. The number of piperidine rings is 1. The van der Waals surface area contributed by atoms with E-state index in [2.05, 4.69) is 17.3 Å². The molecule has 1 aliphatic heterocycles. The minimum Gasteiger partial charge on any atom is -0.481 e. The highest BCUT2D eigenvalue weighted by atomic mass is 16.4. The van der Waals surface area contributed by atoms with Gasteiger partial charge in [-0.1, -0.05) is 0 Å². The number of hydrogen-bond donors (Lipinski definition) is 2. The van der Waals surface area contributed by atoms with Crippen LogP contribution in [0.25, 0.3) is 0 Å². The second-order valence-corrected chi connectivity index (χ2v) is 3.41. The molecule has 1 heterocycles. The molecule has 0 radical (unpaired) electrons. The van der Waals surface area contributed by atoms with Crippen LogP contribution in [0.1, 0.15) is 19.8 Å². The lowest BCUT2D eigenvalue weighted by Crippen LogP contribution is -2.42. The third kappa shape index (κ3) is 7.74. The largest absolute Gasteiger partial charge is 0.481 e. The number of nitrogens with one attached hydrogen (secondary N) is 1. The number of carbonyl (C=O) groups is 1. The third-order valence-electron chi connectivity index (χ3n) is 2.03. The van der Waals surface area contributed by atoms with Crippen LogP contribution in [0, 0.1) is 0 Å².